The number of nitrogens with one attached hydrogen (secondary N) is 1. The number of carbonyl (C=O) groups is 2. The van der Waals surface area contributed by atoms with E-state index < -0.39 is 11.6 Å². The SMILES string of the molecule is CCOC(C)CN1C(=O)C(C)(C)NC(=O)C1C(C)C. The zero-order chi connectivity index (χ0) is 14.8. The highest BCUT2D eigenvalue weighted by atomic mass is 16.5. The van der Waals surface area contributed by atoms with Crippen molar-refractivity contribution in [2.75, 3.05) is 13.2 Å². The lowest BCUT2D eigenvalue weighted by molar-refractivity contribution is -0.157. The summed E-state index contributed by atoms with van der Waals surface area (Å²) in [4.78, 5) is 26.4. The zero-order valence-electron chi connectivity index (χ0n) is 12.8. The second kappa shape index (κ2) is 5.90. The molecule has 0 aromatic rings. The van der Waals surface area contributed by atoms with Crippen molar-refractivity contribution in [3.63, 3.8) is 0 Å². The first-order chi connectivity index (χ1) is 8.70. The Kier molecular flexibility index (Phi) is 4.96. The highest BCUT2D eigenvalue weighted by Crippen LogP contribution is 2.23. The van der Waals surface area contributed by atoms with Crippen molar-refractivity contribution in [3.8, 4) is 0 Å². The fourth-order valence-corrected chi connectivity index (χ4v) is 2.54. The van der Waals surface area contributed by atoms with Crippen molar-refractivity contribution in [2.24, 2.45) is 5.92 Å². The maximum absolute atomic E-state index is 12.5. The summed E-state index contributed by atoms with van der Waals surface area (Å²) < 4.78 is 5.50. The van der Waals surface area contributed by atoms with Gasteiger partial charge in [0.1, 0.15) is 11.6 Å². The average molecular weight is 270 g/mol. The van der Waals surface area contributed by atoms with Crippen LogP contribution in [0.15, 0.2) is 0 Å². The summed E-state index contributed by atoms with van der Waals surface area (Å²) in [5.74, 6) is -0.0467. The smallest absolute Gasteiger partial charge is 0.248 e. The van der Waals surface area contributed by atoms with E-state index >= 15 is 0 Å². The Morgan fingerprint density at radius 1 is 1.32 bits per heavy atom. The predicted octanol–water partition coefficient (Wildman–Crippen LogP) is 1.17. The van der Waals surface area contributed by atoms with E-state index in [1.54, 1.807) is 18.7 Å². The van der Waals surface area contributed by atoms with Crippen LogP contribution in [0.25, 0.3) is 0 Å². The third-order valence-electron chi connectivity index (χ3n) is 3.37. The Balaban J connectivity index is 2.96. The van der Waals surface area contributed by atoms with Crippen LogP contribution in [0.3, 0.4) is 0 Å². The number of nitrogens with zero attached hydrogens (tertiary/aromatic N) is 1. The lowest BCUT2D eigenvalue weighted by Crippen LogP contribution is -2.70. The maximum Gasteiger partial charge on any atom is 0.248 e. The van der Waals surface area contributed by atoms with Crippen LogP contribution in [0.2, 0.25) is 0 Å². The molecular formula is C14H26N2O3. The van der Waals surface area contributed by atoms with Crippen LogP contribution < -0.4 is 5.32 Å². The van der Waals surface area contributed by atoms with Gasteiger partial charge in [0.05, 0.1) is 6.10 Å². The molecule has 0 spiro atoms. The van der Waals surface area contributed by atoms with Gasteiger partial charge >= 0.3 is 0 Å². The summed E-state index contributed by atoms with van der Waals surface area (Å²) in [5.41, 5.74) is -0.839. The largest absolute Gasteiger partial charge is 0.377 e. The highest BCUT2D eigenvalue weighted by molar-refractivity contribution is 5.99. The number of amides is 2. The van der Waals surface area contributed by atoms with E-state index in [1.165, 1.54) is 0 Å². The van der Waals surface area contributed by atoms with Crippen LogP contribution in [0.1, 0.15) is 41.5 Å². The molecule has 5 heteroatoms. The van der Waals surface area contributed by atoms with Gasteiger partial charge in [0.25, 0.3) is 0 Å². The van der Waals surface area contributed by atoms with Crippen molar-refractivity contribution in [1.82, 2.24) is 10.2 Å². The normalized spacial score (nSPS) is 24.6. The Morgan fingerprint density at radius 3 is 2.37 bits per heavy atom. The average Bonchev–Trinajstić information content (AvgIpc) is 2.24. The number of hydrogen-bond acceptors (Lipinski definition) is 3. The van der Waals surface area contributed by atoms with Crippen LogP contribution in [0.5, 0.6) is 0 Å². The van der Waals surface area contributed by atoms with E-state index in [-0.39, 0.29) is 23.8 Å². The summed E-state index contributed by atoms with van der Waals surface area (Å²) >= 11 is 0. The quantitative estimate of drug-likeness (QED) is 0.816. The molecule has 110 valence electrons. The maximum atomic E-state index is 12.5. The van der Waals surface area contributed by atoms with E-state index in [4.69, 9.17) is 4.74 Å². The van der Waals surface area contributed by atoms with Gasteiger partial charge in [-0.05, 0) is 33.6 Å². The van der Waals surface area contributed by atoms with Gasteiger partial charge in [-0.1, -0.05) is 13.8 Å². The topological polar surface area (TPSA) is 58.6 Å². The van der Waals surface area contributed by atoms with E-state index in [9.17, 15) is 9.59 Å². The predicted molar refractivity (Wildman–Crippen MR) is 73.6 cm³/mol. The minimum atomic E-state index is -0.839. The third kappa shape index (κ3) is 3.47. The molecule has 0 bridgehead atoms. The van der Waals surface area contributed by atoms with E-state index in [2.05, 4.69) is 5.32 Å². The molecule has 1 fully saturated rings. The minimum absolute atomic E-state index is 0.0441. The third-order valence-corrected chi connectivity index (χ3v) is 3.37. The lowest BCUT2D eigenvalue weighted by Gasteiger charge is -2.45. The Labute approximate surface area is 115 Å². The van der Waals surface area contributed by atoms with Crippen LogP contribution >= 0.6 is 0 Å². The second-order valence-corrected chi connectivity index (χ2v) is 6.03. The Bertz CT molecular complexity index is 353. The first kappa shape index (κ1) is 16.0. The molecule has 0 aliphatic carbocycles. The van der Waals surface area contributed by atoms with Gasteiger partial charge in [-0.2, -0.15) is 0 Å². The number of carbonyl (C=O) groups excluding carboxylic acids is 2. The van der Waals surface area contributed by atoms with Crippen molar-refractivity contribution < 1.29 is 14.3 Å². The van der Waals surface area contributed by atoms with E-state index in [0.29, 0.717) is 13.2 Å². The van der Waals surface area contributed by atoms with Crippen molar-refractivity contribution in [2.45, 2.75) is 59.2 Å². The Morgan fingerprint density at radius 2 is 1.89 bits per heavy atom. The van der Waals surface area contributed by atoms with E-state index in [0.717, 1.165) is 0 Å². The van der Waals surface area contributed by atoms with Gasteiger partial charge in [-0.25, -0.2) is 0 Å². The summed E-state index contributed by atoms with van der Waals surface area (Å²) in [7, 11) is 0. The van der Waals surface area contributed by atoms with Gasteiger partial charge in [-0.15, -0.1) is 0 Å². The van der Waals surface area contributed by atoms with Crippen LogP contribution in [0.4, 0.5) is 0 Å². The number of ether oxygens (including phenoxy) is 1. The Hall–Kier alpha value is -1.10. The molecule has 0 aromatic carbocycles. The molecule has 0 aromatic heterocycles. The number of piperazine rings is 1. The summed E-state index contributed by atoms with van der Waals surface area (Å²) in [5, 5.41) is 2.80. The van der Waals surface area contributed by atoms with Crippen molar-refractivity contribution >= 4 is 11.8 Å². The molecule has 1 rings (SSSR count). The number of rotatable bonds is 5. The standard InChI is InChI=1S/C14H26N2O3/c1-7-19-10(4)8-16-11(9(2)3)12(17)15-14(5,6)13(16)18/h9-11H,7-8H2,1-6H3,(H,15,17). The summed E-state index contributed by atoms with van der Waals surface area (Å²) in [6.07, 6.45) is -0.0723. The molecule has 2 amide bonds. The zero-order valence-corrected chi connectivity index (χ0v) is 12.8. The molecule has 2 atom stereocenters. The molecule has 2 unspecified atom stereocenters. The van der Waals surface area contributed by atoms with Crippen LogP contribution in [-0.4, -0.2) is 47.6 Å². The van der Waals surface area contributed by atoms with Gasteiger partial charge in [-0.3, -0.25) is 9.59 Å². The fraction of sp³-hybridized carbons (Fsp3) is 0.857. The van der Waals surface area contributed by atoms with Gasteiger partial charge in [0.15, 0.2) is 0 Å². The van der Waals surface area contributed by atoms with E-state index in [1.807, 2.05) is 27.7 Å². The first-order valence-corrected chi connectivity index (χ1v) is 6.95. The molecule has 1 N–H and O–H groups in total. The summed E-state index contributed by atoms with van der Waals surface area (Å²) in [6.45, 7) is 12.3. The lowest BCUT2D eigenvalue weighted by atomic mass is 9.91. The molecule has 1 aliphatic rings. The number of hydrogen-bond donors (Lipinski definition) is 1. The van der Waals surface area contributed by atoms with Crippen molar-refractivity contribution in [1.29, 1.82) is 0 Å². The minimum Gasteiger partial charge on any atom is -0.377 e. The monoisotopic (exact) mass is 270 g/mol. The second-order valence-electron chi connectivity index (χ2n) is 6.03. The molecule has 1 saturated heterocycles. The molecule has 1 heterocycles. The molecule has 19 heavy (non-hydrogen) atoms. The molecule has 0 radical (unpaired) electrons. The van der Waals surface area contributed by atoms with Gasteiger partial charge < -0.3 is 15.0 Å². The van der Waals surface area contributed by atoms with Gasteiger partial charge in [0.2, 0.25) is 11.8 Å². The van der Waals surface area contributed by atoms with Crippen LogP contribution in [0, 0.1) is 5.92 Å². The molecule has 1 aliphatic heterocycles. The van der Waals surface area contributed by atoms with Gasteiger partial charge in [0, 0.05) is 13.2 Å². The van der Waals surface area contributed by atoms with Crippen molar-refractivity contribution in [3.05, 3.63) is 0 Å². The highest BCUT2D eigenvalue weighted by Gasteiger charge is 2.46. The molecule has 0 saturated carbocycles. The first-order valence-electron chi connectivity index (χ1n) is 6.95. The molecular weight excluding hydrogens is 244 g/mol. The molecule has 5 nitrogen and oxygen atoms in total. The van der Waals surface area contributed by atoms with Crippen LogP contribution in [-0.2, 0) is 14.3 Å². The summed E-state index contributed by atoms with van der Waals surface area (Å²) in [6, 6.07) is -0.413. The fourth-order valence-electron chi connectivity index (χ4n) is 2.54.